The van der Waals surface area contributed by atoms with Crippen molar-refractivity contribution in [2.75, 3.05) is 0 Å². The number of aryl methyl sites for hydroxylation is 1. The van der Waals surface area contributed by atoms with Crippen LogP contribution in [0.25, 0.3) is 0 Å². The number of rotatable bonds is 1. The predicted octanol–water partition coefficient (Wildman–Crippen LogP) is 1.48. The molecular weight excluding hydrogens is 210 g/mol. The summed E-state index contributed by atoms with van der Waals surface area (Å²) in [5.41, 5.74) is 21.2. The fourth-order valence-corrected chi connectivity index (χ4v) is 2.40. The summed E-state index contributed by atoms with van der Waals surface area (Å²) in [6, 6.07) is 8.03. The molecule has 2 unspecified atom stereocenters. The lowest BCUT2D eigenvalue weighted by Gasteiger charge is -2.39. The van der Waals surface area contributed by atoms with E-state index in [4.69, 9.17) is 17.2 Å². The van der Waals surface area contributed by atoms with Gasteiger partial charge in [-0.1, -0.05) is 37.3 Å². The third-order valence-electron chi connectivity index (χ3n) is 3.63. The highest BCUT2D eigenvalue weighted by atomic mass is 14.9. The molecule has 1 aromatic rings. The van der Waals surface area contributed by atoms with E-state index in [0.717, 1.165) is 11.1 Å². The van der Waals surface area contributed by atoms with E-state index in [2.05, 4.69) is 6.92 Å². The van der Waals surface area contributed by atoms with E-state index in [1.165, 1.54) is 0 Å². The highest BCUT2D eigenvalue weighted by Crippen LogP contribution is 2.37. The van der Waals surface area contributed by atoms with Crippen LogP contribution in [-0.2, 0) is 5.54 Å². The molecule has 3 heteroatoms. The number of nitrogens with two attached hydrogens (primary N) is 3. The molecule has 1 aliphatic carbocycles. The monoisotopic (exact) mass is 229 g/mol. The minimum Gasteiger partial charge on any atom is -0.399 e. The zero-order valence-corrected chi connectivity index (χ0v) is 10.3. The van der Waals surface area contributed by atoms with Crippen LogP contribution in [-0.4, -0.2) is 0 Å². The first kappa shape index (κ1) is 11.7. The largest absolute Gasteiger partial charge is 0.399 e. The number of benzene rings is 1. The lowest BCUT2D eigenvalue weighted by Crippen LogP contribution is -2.50. The van der Waals surface area contributed by atoms with E-state index in [-0.39, 0.29) is 5.92 Å². The third kappa shape index (κ3) is 1.63. The molecule has 17 heavy (non-hydrogen) atoms. The molecule has 3 nitrogen and oxygen atoms in total. The van der Waals surface area contributed by atoms with Gasteiger partial charge in [0.2, 0.25) is 0 Å². The molecule has 1 aliphatic rings. The molecule has 2 atom stereocenters. The van der Waals surface area contributed by atoms with E-state index >= 15 is 0 Å². The number of allylic oxidation sites excluding steroid dienone is 1. The van der Waals surface area contributed by atoms with Crippen LogP contribution in [0.5, 0.6) is 0 Å². The van der Waals surface area contributed by atoms with Crippen molar-refractivity contribution >= 4 is 0 Å². The summed E-state index contributed by atoms with van der Waals surface area (Å²) in [5.74, 6) is 0.121. The Bertz CT molecular complexity index is 502. The minimum absolute atomic E-state index is 0.121. The summed E-state index contributed by atoms with van der Waals surface area (Å²) in [6.45, 7) is 4.10. The maximum atomic E-state index is 6.54. The Kier molecular flexibility index (Phi) is 2.71. The molecule has 0 saturated heterocycles. The molecule has 1 aromatic carbocycles. The van der Waals surface area contributed by atoms with Crippen LogP contribution < -0.4 is 17.2 Å². The Hall–Kier alpha value is -1.74. The molecule has 0 radical (unpaired) electrons. The Morgan fingerprint density at radius 2 is 1.82 bits per heavy atom. The molecule has 6 N–H and O–H groups in total. The minimum atomic E-state index is -0.704. The van der Waals surface area contributed by atoms with Crippen LogP contribution in [0.2, 0.25) is 0 Å². The molecule has 0 aliphatic heterocycles. The van der Waals surface area contributed by atoms with Gasteiger partial charge >= 0.3 is 0 Å². The van der Waals surface area contributed by atoms with Crippen molar-refractivity contribution < 1.29 is 0 Å². The zero-order chi connectivity index (χ0) is 12.6. The van der Waals surface area contributed by atoms with Gasteiger partial charge in [-0.15, -0.1) is 0 Å². The van der Waals surface area contributed by atoms with Gasteiger partial charge in [-0.05, 0) is 24.1 Å². The lowest BCUT2D eigenvalue weighted by atomic mass is 9.73. The van der Waals surface area contributed by atoms with Crippen LogP contribution >= 0.6 is 0 Å². The average Bonchev–Trinajstić information content (AvgIpc) is 2.32. The van der Waals surface area contributed by atoms with Crippen molar-refractivity contribution in [1.29, 1.82) is 0 Å². The van der Waals surface area contributed by atoms with E-state index in [0.29, 0.717) is 11.4 Å². The fourth-order valence-electron chi connectivity index (χ4n) is 2.40. The standard InChI is InChI=1S/C14H19N3/c1-9-5-3-4-6-11(9)14(17)10(2)7-8-12(15)13(14)16/h3-8,10H,15-17H2,1-2H3. The second-order valence-electron chi connectivity index (χ2n) is 4.70. The highest BCUT2D eigenvalue weighted by Gasteiger charge is 2.39. The second kappa shape index (κ2) is 3.93. The highest BCUT2D eigenvalue weighted by molar-refractivity contribution is 5.46. The van der Waals surface area contributed by atoms with Crippen molar-refractivity contribution in [3.8, 4) is 0 Å². The van der Waals surface area contributed by atoms with E-state index in [1.807, 2.05) is 43.3 Å². The van der Waals surface area contributed by atoms with Gasteiger partial charge in [0, 0.05) is 5.92 Å². The van der Waals surface area contributed by atoms with Crippen LogP contribution in [0.15, 0.2) is 47.8 Å². The Morgan fingerprint density at radius 1 is 1.18 bits per heavy atom. The van der Waals surface area contributed by atoms with Gasteiger partial charge < -0.3 is 17.2 Å². The van der Waals surface area contributed by atoms with Crippen LogP contribution in [0.3, 0.4) is 0 Å². The molecule has 0 aromatic heterocycles. The van der Waals surface area contributed by atoms with Crippen LogP contribution in [0.4, 0.5) is 0 Å². The third-order valence-corrected chi connectivity index (χ3v) is 3.63. The molecule has 0 fully saturated rings. The predicted molar refractivity (Wildman–Crippen MR) is 70.7 cm³/mol. The fraction of sp³-hybridized carbons (Fsp3) is 0.286. The van der Waals surface area contributed by atoms with Gasteiger partial charge in [-0.2, -0.15) is 0 Å². The zero-order valence-electron chi connectivity index (χ0n) is 10.3. The van der Waals surface area contributed by atoms with Crippen molar-refractivity contribution in [3.63, 3.8) is 0 Å². The molecular formula is C14H19N3. The van der Waals surface area contributed by atoms with Gasteiger partial charge in [0.15, 0.2) is 0 Å². The molecule has 90 valence electrons. The lowest BCUT2D eigenvalue weighted by molar-refractivity contribution is 0.396. The second-order valence-corrected chi connectivity index (χ2v) is 4.70. The van der Waals surface area contributed by atoms with Gasteiger partial charge in [0.05, 0.1) is 16.9 Å². The van der Waals surface area contributed by atoms with Gasteiger partial charge in [0.1, 0.15) is 0 Å². The average molecular weight is 229 g/mol. The molecule has 0 spiro atoms. The first-order chi connectivity index (χ1) is 7.98. The molecule has 0 saturated carbocycles. The van der Waals surface area contributed by atoms with E-state index in [9.17, 15) is 0 Å². The van der Waals surface area contributed by atoms with Gasteiger partial charge in [-0.25, -0.2) is 0 Å². The van der Waals surface area contributed by atoms with Crippen molar-refractivity contribution in [2.24, 2.45) is 23.1 Å². The topological polar surface area (TPSA) is 78.1 Å². The van der Waals surface area contributed by atoms with Crippen molar-refractivity contribution in [3.05, 3.63) is 58.9 Å². The number of hydrogen-bond donors (Lipinski definition) is 3. The summed E-state index contributed by atoms with van der Waals surface area (Å²) in [5, 5.41) is 0. The summed E-state index contributed by atoms with van der Waals surface area (Å²) in [4.78, 5) is 0. The maximum Gasteiger partial charge on any atom is 0.0895 e. The van der Waals surface area contributed by atoms with Gasteiger partial charge in [-0.3, -0.25) is 0 Å². The normalized spacial score (nSPS) is 28.5. The van der Waals surface area contributed by atoms with Gasteiger partial charge in [0.25, 0.3) is 0 Å². The molecule has 0 bridgehead atoms. The summed E-state index contributed by atoms with van der Waals surface area (Å²) in [7, 11) is 0. The van der Waals surface area contributed by atoms with E-state index in [1.54, 1.807) is 0 Å². The molecule has 0 heterocycles. The Balaban J connectivity index is 2.64. The van der Waals surface area contributed by atoms with Crippen LogP contribution in [0, 0.1) is 12.8 Å². The summed E-state index contributed by atoms with van der Waals surface area (Å²) < 4.78 is 0. The first-order valence-corrected chi connectivity index (χ1v) is 5.76. The maximum absolute atomic E-state index is 6.54. The SMILES string of the molecule is Cc1ccccc1C1(N)C(N)=C(N)C=CC1C. The van der Waals surface area contributed by atoms with Crippen molar-refractivity contribution in [2.45, 2.75) is 19.4 Å². The smallest absolute Gasteiger partial charge is 0.0895 e. The number of hydrogen-bond acceptors (Lipinski definition) is 3. The summed E-state index contributed by atoms with van der Waals surface area (Å²) >= 11 is 0. The summed E-state index contributed by atoms with van der Waals surface area (Å²) in [6.07, 6.45) is 3.85. The quantitative estimate of drug-likeness (QED) is 0.682. The molecule has 0 amide bonds. The van der Waals surface area contributed by atoms with Crippen LogP contribution in [0.1, 0.15) is 18.1 Å². The first-order valence-electron chi connectivity index (χ1n) is 5.76. The molecule has 2 rings (SSSR count). The van der Waals surface area contributed by atoms with Crippen molar-refractivity contribution in [1.82, 2.24) is 0 Å². The Morgan fingerprint density at radius 3 is 2.47 bits per heavy atom. The Labute approximate surface area is 102 Å². The van der Waals surface area contributed by atoms with E-state index < -0.39 is 5.54 Å².